The number of nitrogens with one attached hydrogen (secondary N) is 1. The maximum Gasteiger partial charge on any atom is 0.472 e. The monoisotopic (exact) mass is 950 g/mol. The summed E-state index contributed by atoms with van der Waals surface area (Å²) in [5, 5.41) is 13.9. The molecular formula is C57H110N2O6P+. The molecule has 8 nitrogen and oxygen atoms in total. The zero-order valence-corrected chi connectivity index (χ0v) is 45.1. The lowest BCUT2D eigenvalue weighted by atomic mass is 10.0. The van der Waals surface area contributed by atoms with Crippen LogP contribution < -0.4 is 5.32 Å². The lowest BCUT2D eigenvalue weighted by molar-refractivity contribution is -0.870. The molecule has 0 aliphatic rings. The SMILES string of the molecule is CCCCCC/C=C\C/C=C\CCCCCCCC(=O)NC(COP(=O)(O)OCC[N+](C)(C)C)C(O)/C=C/CC/C=C/CCCCCCCCCCCCCCCCCCCCCCCC. The molecule has 3 unspecified atom stereocenters. The molecule has 0 aromatic heterocycles. The molecule has 0 fully saturated rings. The van der Waals surface area contributed by atoms with Gasteiger partial charge in [-0.2, -0.15) is 0 Å². The van der Waals surface area contributed by atoms with Crippen LogP contribution in [-0.2, 0) is 18.4 Å². The molecule has 1 amide bonds. The van der Waals surface area contributed by atoms with Gasteiger partial charge >= 0.3 is 7.82 Å². The van der Waals surface area contributed by atoms with Gasteiger partial charge in [-0.1, -0.05) is 236 Å². The number of likely N-dealkylation sites (N-methyl/N-ethyl adjacent to an activating group) is 1. The zero-order valence-electron chi connectivity index (χ0n) is 44.2. The molecule has 9 heteroatoms. The lowest BCUT2D eigenvalue weighted by Crippen LogP contribution is -2.45. The van der Waals surface area contributed by atoms with Gasteiger partial charge in [-0.3, -0.25) is 13.8 Å². The highest BCUT2D eigenvalue weighted by Crippen LogP contribution is 2.43. The van der Waals surface area contributed by atoms with Gasteiger partial charge in [0.1, 0.15) is 13.2 Å². The maximum atomic E-state index is 12.9. The summed E-state index contributed by atoms with van der Waals surface area (Å²) >= 11 is 0. The van der Waals surface area contributed by atoms with Gasteiger partial charge in [0.2, 0.25) is 5.91 Å². The topological polar surface area (TPSA) is 105 Å². The Morgan fingerprint density at radius 3 is 1.32 bits per heavy atom. The van der Waals surface area contributed by atoms with Crippen molar-refractivity contribution in [1.82, 2.24) is 5.32 Å². The number of unbranched alkanes of at least 4 members (excludes halogenated alkanes) is 32. The Hall–Kier alpha value is -1.54. The van der Waals surface area contributed by atoms with Gasteiger partial charge in [-0.05, 0) is 64.2 Å². The van der Waals surface area contributed by atoms with Gasteiger partial charge in [0, 0.05) is 6.42 Å². The van der Waals surface area contributed by atoms with Crippen molar-refractivity contribution >= 4 is 13.7 Å². The van der Waals surface area contributed by atoms with Crippen LogP contribution >= 0.6 is 7.82 Å². The molecule has 0 aromatic carbocycles. The first-order valence-electron chi connectivity index (χ1n) is 28.0. The van der Waals surface area contributed by atoms with Gasteiger partial charge in [0.05, 0.1) is 39.9 Å². The van der Waals surface area contributed by atoms with Crippen molar-refractivity contribution in [3.05, 3.63) is 48.6 Å². The number of amides is 1. The summed E-state index contributed by atoms with van der Waals surface area (Å²) in [7, 11) is 1.55. The van der Waals surface area contributed by atoms with E-state index in [2.05, 4.69) is 55.6 Å². The van der Waals surface area contributed by atoms with E-state index in [1.807, 2.05) is 27.2 Å². The zero-order chi connectivity index (χ0) is 48.5. The van der Waals surface area contributed by atoms with E-state index in [1.54, 1.807) is 6.08 Å². The summed E-state index contributed by atoms with van der Waals surface area (Å²) in [6.45, 7) is 4.78. The molecule has 3 N–H and O–H groups in total. The van der Waals surface area contributed by atoms with Crippen LogP contribution in [0.4, 0.5) is 0 Å². The van der Waals surface area contributed by atoms with E-state index < -0.39 is 20.0 Å². The van der Waals surface area contributed by atoms with Crippen molar-refractivity contribution in [3.8, 4) is 0 Å². The first-order chi connectivity index (χ1) is 32.0. The van der Waals surface area contributed by atoms with Gasteiger partial charge in [-0.25, -0.2) is 4.57 Å². The molecule has 0 saturated heterocycles. The minimum absolute atomic E-state index is 0.0524. The molecular weight excluding hydrogens is 840 g/mol. The predicted molar refractivity (Wildman–Crippen MR) is 286 cm³/mol. The summed E-state index contributed by atoms with van der Waals surface area (Å²) in [6.07, 6.45) is 63.6. The summed E-state index contributed by atoms with van der Waals surface area (Å²) in [5.74, 6) is -0.200. The van der Waals surface area contributed by atoms with Crippen LogP contribution in [0.25, 0.3) is 0 Å². The summed E-state index contributed by atoms with van der Waals surface area (Å²) < 4.78 is 23.6. The summed E-state index contributed by atoms with van der Waals surface area (Å²) in [6, 6.07) is -0.872. The molecule has 0 aromatic rings. The summed E-state index contributed by atoms with van der Waals surface area (Å²) in [5.41, 5.74) is 0. The van der Waals surface area contributed by atoms with E-state index in [9.17, 15) is 19.4 Å². The summed E-state index contributed by atoms with van der Waals surface area (Å²) in [4.78, 5) is 23.2. The molecule has 0 radical (unpaired) electrons. The number of aliphatic hydroxyl groups is 1. The Balaban J connectivity index is 4.24. The fraction of sp³-hybridized carbons (Fsp3) is 0.842. The highest BCUT2D eigenvalue weighted by molar-refractivity contribution is 7.47. The lowest BCUT2D eigenvalue weighted by Gasteiger charge is -2.25. The number of hydrogen-bond acceptors (Lipinski definition) is 5. The average Bonchev–Trinajstić information content (AvgIpc) is 3.28. The molecule has 0 spiro atoms. The molecule has 0 saturated carbocycles. The van der Waals surface area contributed by atoms with E-state index in [4.69, 9.17) is 9.05 Å². The second-order valence-electron chi connectivity index (χ2n) is 20.3. The number of quaternary nitrogens is 1. The Morgan fingerprint density at radius 1 is 0.515 bits per heavy atom. The molecule has 0 rings (SSSR count). The minimum atomic E-state index is -4.36. The largest absolute Gasteiger partial charge is 0.472 e. The number of rotatable bonds is 51. The predicted octanol–water partition coefficient (Wildman–Crippen LogP) is 16.8. The highest BCUT2D eigenvalue weighted by atomic mass is 31.2. The van der Waals surface area contributed by atoms with Crippen molar-refractivity contribution in [2.45, 2.75) is 270 Å². The van der Waals surface area contributed by atoms with E-state index in [1.165, 1.54) is 173 Å². The third kappa shape index (κ3) is 50.3. The second-order valence-corrected chi connectivity index (χ2v) is 21.8. The Kier molecular flexibility index (Phi) is 47.4. The standard InChI is InChI=1S/C57H109N2O6P/c1-6-8-10-12-14-16-18-20-22-24-25-26-27-28-29-30-31-32-33-34-35-36-38-40-42-44-46-48-50-56(60)55(54-65-66(62,63)64-53-52-59(3,4)5)58-57(61)51-49-47-45-43-41-39-37-23-21-19-17-15-13-11-9-7-2/h17,19,23,37,40,42,48,50,55-56,60H,6-16,18,20-22,24-36,38-39,41,43-47,49,51-54H2,1-5H3,(H-,58,61,62,63)/p+1/b19-17-,37-23-,42-40+,50-48+. The number of allylic oxidation sites excluding steroid dienone is 7. The first kappa shape index (κ1) is 64.5. The fourth-order valence-corrected chi connectivity index (χ4v) is 8.82. The van der Waals surface area contributed by atoms with Gasteiger partial charge in [0.25, 0.3) is 0 Å². The second kappa shape index (κ2) is 48.5. The van der Waals surface area contributed by atoms with E-state index in [0.717, 1.165) is 64.2 Å². The van der Waals surface area contributed by atoms with E-state index >= 15 is 0 Å². The van der Waals surface area contributed by atoms with Crippen LogP contribution in [0.2, 0.25) is 0 Å². The van der Waals surface area contributed by atoms with Crippen LogP contribution in [0.15, 0.2) is 48.6 Å². The van der Waals surface area contributed by atoms with Gasteiger partial charge in [0.15, 0.2) is 0 Å². The maximum absolute atomic E-state index is 12.9. The number of carbonyl (C=O) groups is 1. The highest BCUT2D eigenvalue weighted by Gasteiger charge is 2.27. The van der Waals surface area contributed by atoms with Gasteiger partial charge < -0.3 is 19.8 Å². The molecule has 66 heavy (non-hydrogen) atoms. The fourth-order valence-electron chi connectivity index (χ4n) is 8.09. The van der Waals surface area contributed by atoms with Crippen molar-refractivity contribution in [2.24, 2.45) is 0 Å². The molecule has 0 aliphatic carbocycles. The van der Waals surface area contributed by atoms with Crippen molar-refractivity contribution in [1.29, 1.82) is 0 Å². The van der Waals surface area contributed by atoms with E-state index in [0.29, 0.717) is 17.4 Å². The molecule has 3 atom stereocenters. The minimum Gasteiger partial charge on any atom is -0.387 e. The van der Waals surface area contributed by atoms with Crippen LogP contribution in [-0.4, -0.2) is 73.4 Å². The van der Waals surface area contributed by atoms with E-state index in [-0.39, 0.29) is 19.1 Å². The molecule has 0 bridgehead atoms. The Morgan fingerprint density at radius 2 is 0.879 bits per heavy atom. The van der Waals surface area contributed by atoms with Crippen molar-refractivity contribution in [3.63, 3.8) is 0 Å². The Labute approximate surface area is 409 Å². The van der Waals surface area contributed by atoms with Gasteiger partial charge in [-0.15, -0.1) is 0 Å². The number of phosphoric acid groups is 1. The van der Waals surface area contributed by atoms with Crippen LogP contribution in [0.5, 0.6) is 0 Å². The van der Waals surface area contributed by atoms with Crippen LogP contribution in [0, 0.1) is 0 Å². The van der Waals surface area contributed by atoms with Crippen molar-refractivity contribution < 1.29 is 32.9 Å². The number of aliphatic hydroxyl groups excluding tert-OH is 1. The first-order valence-corrected chi connectivity index (χ1v) is 29.5. The van der Waals surface area contributed by atoms with Crippen LogP contribution in [0.3, 0.4) is 0 Å². The third-order valence-electron chi connectivity index (χ3n) is 12.5. The molecule has 0 heterocycles. The van der Waals surface area contributed by atoms with Crippen molar-refractivity contribution in [2.75, 3.05) is 40.9 Å². The number of carbonyl (C=O) groups excluding carboxylic acids is 1. The number of phosphoric ester groups is 1. The van der Waals surface area contributed by atoms with Crippen LogP contribution in [0.1, 0.15) is 258 Å². The number of nitrogens with zero attached hydrogens (tertiary/aromatic N) is 1. The molecule has 388 valence electrons. The molecule has 0 aliphatic heterocycles. The average molecular weight is 950 g/mol. The number of hydrogen-bond donors (Lipinski definition) is 3. The third-order valence-corrected chi connectivity index (χ3v) is 13.5. The quantitative estimate of drug-likeness (QED) is 0.0243. The smallest absolute Gasteiger partial charge is 0.387 e. The normalized spacial score (nSPS) is 14.3. The Bertz CT molecular complexity index is 1210.